The van der Waals surface area contributed by atoms with Crippen molar-refractivity contribution in [3.05, 3.63) is 50.6 Å². The Morgan fingerprint density at radius 3 is 0.957 bits per heavy atom. The van der Waals surface area contributed by atoms with Gasteiger partial charge in [-0.25, -0.2) is 0 Å². The van der Waals surface area contributed by atoms with Crippen LogP contribution in [0.3, 0.4) is 0 Å². The average molecular weight is 484 g/mol. The molecule has 0 aliphatic rings. The monoisotopic (exact) mass is 482 g/mol. The molecule has 0 unspecified atom stereocenters. The maximum atomic E-state index is 5.03. The summed E-state index contributed by atoms with van der Waals surface area (Å²) in [5.41, 5.74) is -4.90. The molecule has 0 aromatic rings. The summed E-state index contributed by atoms with van der Waals surface area (Å²) in [7, 11) is 0. The standard InChI is InChI=1S/2C6H11O2PS2.Zn/c2*1-3-5-7-9(10,11)8-6-4-2;/h2*3-4H,1-2,5-6H2,(H,10,11);/q;;+2/p-2. The fourth-order valence-corrected chi connectivity index (χ4v) is 3.41. The number of hydrogen-bond acceptors (Lipinski definition) is 8. The Hall–Kier alpha value is 1.42. The molecule has 0 spiro atoms. The van der Waals surface area contributed by atoms with Crippen molar-refractivity contribution < 1.29 is 37.6 Å². The molecule has 0 rings (SSSR count). The summed E-state index contributed by atoms with van der Waals surface area (Å²) in [5, 5.41) is 0. The Bertz CT molecular complexity index is 377. The second-order valence-corrected chi connectivity index (χ2v) is 13.2. The molecule has 0 bridgehead atoms. The van der Waals surface area contributed by atoms with Crippen LogP contribution in [0.5, 0.6) is 0 Å². The second-order valence-electron chi connectivity index (χ2n) is 3.23. The van der Waals surface area contributed by atoms with E-state index in [1.807, 2.05) is 0 Å². The Morgan fingerprint density at radius 1 is 0.652 bits per heavy atom. The molecule has 128 valence electrons. The summed E-state index contributed by atoms with van der Waals surface area (Å²) >= 11 is 19.4. The van der Waals surface area contributed by atoms with E-state index in [0.717, 1.165) is 0 Å². The predicted molar refractivity (Wildman–Crippen MR) is 108 cm³/mol. The first-order valence-corrected chi connectivity index (χ1v) is 13.2. The van der Waals surface area contributed by atoms with Crippen molar-refractivity contribution in [2.75, 3.05) is 26.4 Å². The molecule has 0 aromatic carbocycles. The van der Waals surface area contributed by atoms with E-state index < -0.39 is 11.4 Å². The molecule has 11 heteroatoms. The van der Waals surface area contributed by atoms with Crippen LogP contribution in [-0.4, -0.2) is 26.4 Å². The van der Waals surface area contributed by atoms with Crippen molar-refractivity contribution in [2.24, 2.45) is 0 Å². The van der Waals surface area contributed by atoms with Crippen molar-refractivity contribution in [1.82, 2.24) is 0 Å². The Kier molecular flexibility index (Phi) is 23.1. The minimum Gasteiger partial charge on any atom is -0.691 e. The number of rotatable bonds is 12. The van der Waals surface area contributed by atoms with Gasteiger partial charge >= 0.3 is 19.5 Å². The molecule has 0 saturated carbocycles. The normalized spacial score (nSPS) is 10.5. The van der Waals surface area contributed by atoms with Crippen LogP contribution in [0.25, 0.3) is 0 Å². The maximum Gasteiger partial charge on any atom is 2.00 e. The Balaban J connectivity index is -0.000000333. The minimum absolute atomic E-state index is 0. The quantitative estimate of drug-likeness (QED) is 0.176. The smallest absolute Gasteiger partial charge is 0.691 e. The van der Waals surface area contributed by atoms with Crippen LogP contribution in [-0.2, 0) is 85.7 Å². The largest absolute Gasteiger partial charge is 2.00 e. The van der Waals surface area contributed by atoms with Gasteiger partial charge in [-0.15, -0.1) is 26.3 Å². The Morgan fingerprint density at radius 2 is 0.826 bits per heavy atom. The van der Waals surface area contributed by atoms with E-state index in [1.165, 1.54) is 0 Å². The van der Waals surface area contributed by atoms with E-state index in [4.69, 9.17) is 66.2 Å². The van der Waals surface area contributed by atoms with E-state index in [9.17, 15) is 0 Å². The summed E-state index contributed by atoms with van der Waals surface area (Å²) in [6.07, 6.45) is 6.35. The summed E-state index contributed by atoms with van der Waals surface area (Å²) in [5.74, 6) is 0. The molecule has 0 amide bonds. The van der Waals surface area contributed by atoms with Crippen LogP contribution in [0.4, 0.5) is 0 Å². The van der Waals surface area contributed by atoms with Crippen molar-refractivity contribution in [2.45, 2.75) is 0 Å². The van der Waals surface area contributed by atoms with Crippen molar-refractivity contribution in [1.29, 1.82) is 0 Å². The molecular weight excluding hydrogens is 464 g/mol. The first-order valence-electron chi connectivity index (χ1n) is 5.88. The molecule has 0 fully saturated rings. The minimum atomic E-state index is -2.45. The van der Waals surface area contributed by atoms with E-state index in [2.05, 4.69) is 26.3 Å². The van der Waals surface area contributed by atoms with Gasteiger partial charge < -0.3 is 42.6 Å². The van der Waals surface area contributed by atoms with Gasteiger partial charge in [-0.3, -0.25) is 0 Å². The zero-order valence-electron chi connectivity index (χ0n) is 12.8. The zero-order valence-corrected chi connectivity index (χ0v) is 20.9. The first-order chi connectivity index (χ1) is 10.2. The van der Waals surface area contributed by atoms with E-state index in [-0.39, 0.29) is 19.5 Å². The predicted octanol–water partition coefficient (Wildman–Crippen LogP) is 4.32. The van der Waals surface area contributed by atoms with Crippen molar-refractivity contribution >= 4 is 59.5 Å². The topological polar surface area (TPSA) is 36.9 Å². The molecular formula is C12H20O4P2S4Zn. The SMILES string of the molecule is C=CCOP(=S)([S-])OCC=C.C=CCOP(=S)([S-])OCC=C.[Zn+2]. The van der Waals surface area contributed by atoms with Gasteiger partial charge in [0.05, 0.1) is 37.8 Å². The fraction of sp³-hybridized carbons (Fsp3) is 0.333. The first kappa shape index (κ1) is 29.2. The van der Waals surface area contributed by atoms with Gasteiger partial charge in [0.15, 0.2) is 0 Å². The van der Waals surface area contributed by atoms with Gasteiger partial charge in [-0.2, -0.15) is 0 Å². The molecule has 23 heavy (non-hydrogen) atoms. The van der Waals surface area contributed by atoms with Gasteiger partial charge in [0.25, 0.3) is 0 Å². The Labute approximate surface area is 173 Å². The third-order valence-corrected chi connectivity index (χ3v) is 5.79. The molecule has 0 aliphatic heterocycles. The zero-order chi connectivity index (χ0) is 17.5. The summed E-state index contributed by atoms with van der Waals surface area (Å²) in [6, 6.07) is 0. The molecule has 4 nitrogen and oxygen atoms in total. The summed E-state index contributed by atoms with van der Waals surface area (Å²) in [6.45, 7) is 15.3. The van der Waals surface area contributed by atoms with Crippen LogP contribution in [0.1, 0.15) is 0 Å². The van der Waals surface area contributed by atoms with Gasteiger partial charge in [0, 0.05) is 0 Å². The third kappa shape index (κ3) is 23.4. The van der Waals surface area contributed by atoms with Gasteiger partial charge in [0.1, 0.15) is 0 Å². The van der Waals surface area contributed by atoms with Crippen LogP contribution < -0.4 is 0 Å². The molecule has 0 atom stereocenters. The van der Waals surface area contributed by atoms with Crippen molar-refractivity contribution in [3.63, 3.8) is 0 Å². The van der Waals surface area contributed by atoms with Crippen LogP contribution in [0.2, 0.25) is 0 Å². The summed E-state index contributed by atoms with van der Waals surface area (Å²) < 4.78 is 20.1. The van der Waals surface area contributed by atoms with Crippen LogP contribution >= 0.6 is 11.4 Å². The van der Waals surface area contributed by atoms with Crippen LogP contribution in [0, 0.1) is 0 Å². The third-order valence-electron chi connectivity index (χ3n) is 1.40. The fourth-order valence-electron chi connectivity index (χ4n) is 0.651. The maximum absolute atomic E-state index is 5.03. The van der Waals surface area contributed by atoms with Gasteiger partial charge in [0.2, 0.25) is 0 Å². The van der Waals surface area contributed by atoms with Gasteiger partial charge in [-0.05, 0) is 0 Å². The molecule has 0 heterocycles. The van der Waals surface area contributed by atoms with Crippen LogP contribution in [0.15, 0.2) is 50.6 Å². The van der Waals surface area contributed by atoms with E-state index >= 15 is 0 Å². The van der Waals surface area contributed by atoms with E-state index in [1.54, 1.807) is 24.3 Å². The molecule has 0 aliphatic carbocycles. The summed E-state index contributed by atoms with van der Waals surface area (Å²) in [4.78, 5) is 0. The number of hydrogen-bond donors (Lipinski definition) is 0. The average Bonchev–Trinajstić information content (AvgIpc) is 2.48. The molecule has 0 saturated heterocycles. The van der Waals surface area contributed by atoms with Crippen molar-refractivity contribution in [3.8, 4) is 0 Å². The second kappa shape index (κ2) is 18.2. The van der Waals surface area contributed by atoms with E-state index in [0.29, 0.717) is 26.4 Å². The molecule has 0 aromatic heterocycles. The van der Waals surface area contributed by atoms with Gasteiger partial charge in [-0.1, -0.05) is 47.9 Å². The molecule has 0 N–H and O–H groups in total. The molecule has 0 radical (unpaired) electrons.